The lowest BCUT2D eigenvalue weighted by molar-refractivity contribution is 0.814. The fraction of sp³-hybridized carbons (Fsp3) is 0.200. The maximum absolute atomic E-state index is 9.09. The molecule has 1 aromatic carbocycles. The average Bonchev–Trinajstić information content (AvgIpc) is 2.49. The Balaban J connectivity index is 2.13. The molecule has 2 N–H and O–H groups in total. The number of para-hydroxylation sites is 2. The van der Waals surface area contributed by atoms with E-state index in [-0.39, 0.29) is 0 Å². The molecule has 0 unspecified atom stereocenters. The molecule has 5 heteroatoms. The zero-order valence-electron chi connectivity index (χ0n) is 11.2. The highest BCUT2D eigenvalue weighted by molar-refractivity contribution is 5.83. The van der Waals surface area contributed by atoms with Gasteiger partial charge in [0.05, 0.1) is 22.6 Å². The number of pyridine rings is 1. The number of fused-ring (bicyclic) bond motifs is 1. The number of anilines is 4. The Labute approximate surface area is 117 Å². The van der Waals surface area contributed by atoms with E-state index < -0.39 is 0 Å². The molecule has 0 radical (unpaired) electrons. The van der Waals surface area contributed by atoms with Crippen molar-refractivity contribution < 1.29 is 0 Å². The van der Waals surface area contributed by atoms with Gasteiger partial charge in [0.25, 0.3) is 0 Å². The van der Waals surface area contributed by atoms with Gasteiger partial charge in [-0.2, -0.15) is 5.26 Å². The van der Waals surface area contributed by atoms with Gasteiger partial charge in [-0.3, -0.25) is 0 Å². The van der Waals surface area contributed by atoms with Crippen molar-refractivity contribution in [1.29, 1.82) is 5.26 Å². The topological polar surface area (TPSA) is 69.2 Å². The van der Waals surface area contributed by atoms with E-state index in [1.165, 1.54) is 0 Å². The maximum Gasteiger partial charge on any atom is 0.157 e. The van der Waals surface area contributed by atoms with Crippen LogP contribution >= 0.6 is 0 Å². The number of rotatable bonds is 1. The molecule has 0 spiro atoms. The Morgan fingerprint density at radius 3 is 2.70 bits per heavy atom. The number of nitrogens with zero attached hydrogens (tertiary/aromatic N) is 4. The van der Waals surface area contributed by atoms with E-state index in [9.17, 15) is 0 Å². The molecule has 0 atom stereocenters. The first-order valence-corrected chi connectivity index (χ1v) is 6.44. The van der Waals surface area contributed by atoms with Gasteiger partial charge >= 0.3 is 0 Å². The van der Waals surface area contributed by atoms with Crippen molar-refractivity contribution in [3.05, 3.63) is 42.1 Å². The van der Waals surface area contributed by atoms with Gasteiger partial charge in [-0.05, 0) is 18.2 Å². The van der Waals surface area contributed by atoms with Crippen LogP contribution in [0, 0.1) is 11.3 Å². The minimum absolute atomic E-state index is 0.439. The number of aromatic nitrogens is 1. The van der Waals surface area contributed by atoms with Crippen molar-refractivity contribution >= 4 is 22.9 Å². The van der Waals surface area contributed by atoms with Crippen LogP contribution in [0.1, 0.15) is 5.56 Å². The van der Waals surface area contributed by atoms with Crippen LogP contribution in [0.25, 0.3) is 0 Å². The minimum Gasteiger partial charge on any atom is -0.395 e. The molecule has 5 nitrogen and oxygen atoms in total. The zero-order valence-corrected chi connectivity index (χ0v) is 11.2. The van der Waals surface area contributed by atoms with E-state index in [1.54, 1.807) is 12.3 Å². The predicted octanol–water partition coefficient (Wildman–Crippen LogP) is 2.12. The number of nitrogen functional groups attached to an aromatic ring is 1. The van der Waals surface area contributed by atoms with Crippen LogP contribution in [0.4, 0.5) is 22.9 Å². The van der Waals surface area contributed by atoms with E-state index >= 15 is 0 Å². The lowest BCUT2D eigenvalue weighted by Crippen LogP contribution is -2.37. The Morgan fingerprint density at radius 1 is 1.20 bits per heavy atom. The predicted molar refractivity (Wildman–Crippen MR) is 80.1 cm³/mol. The van der Waals surface area contributed by atoms with Gasteiger partial charge in [-0.1, -0.05) is 12.1 Å². The molecule has 3 rings (SSSR count). The van der Waals surface area contributed by atoms with Gasteiger partial charge in [-0.25, -0.2) is 4.98 Å². The molecule has 1 aromatic heterocycles. The summed E-state index contributed by atoms with van der Waals surface area (Å²) in [6, 6.07) is 11.9. The monoisotopic (exact) mass is 265 g/mol. The van der Waals surface area contributed by atoms with Crippen LogP contribution in [0.3, 0.4) is 0 Å². The summed E-state index contributed by atoms with van der Waals surface area (Å²) < 4.78 is 0. The second-order valence-electron chi connectivity index (χ2n) is 4.77. The molecule has 20 heavy (non-hydrogen) atoms. The third-order valence-corrected chi connectivity index (χ3v) is 3.59. The fourth-order valence-electron chi connectivity index (χ4n) is 2.50. The minimum atomic E-state index is 0.439. The van der Waals surface area contributed by atoms with Gasteiger partial charge in [0.2, 0.25) is 0 Å². The lowest BCUT2D eigenvalue weighted by Gasteiger charge is -2.36. The smallest absolute Gasteiger partial charge is 0.157 e. The van der Waals surface area contributed by atoms with Crippen LogP contribution in [0.15, 0.2) is 36.5 Å². The Bertz CT molecular complexity index is 689. The summed E-state index contributed by atoms with van der Waals surface area (Å²) in [6.07, 6.45) is 1.63. The quantitative estimate of drug-likeness (QED) is 0.855. The maximum atomic E-state index is 9.09. The highest BCUT2D eigenvalue weighted by Crippen LogP contribution is 2.38. The first kappa shape index (κ1) is 12.3. The van der Waals surface area contributed by atoms with Crippen LogP contribution in [-0.4, -0.2) is 25.1 Å². The first-order chi connectivity index (χ1) is 9.72. The third-order valence-electron chi connectivity index (χ3n) is 3.59. The van der Waals surface area contributed by atoms with Crippen LogP contribution < -0.4 is 15.5 Å². The van der Waals surface area contributed by atoms with Crippen molar-refractivity contribution in [2.24, 2.45) is 0 Å². The number of nitrogens with two attached hydrogens (primary N) is 1. The van der Waals surface area contributed by atoms with E-state index in [0.29, 0.717) is 17.1 Å². The molecule has 2 aromatic rings. The molecule has 1 aliphatic heterocycles. The molecule has 0 aliphatic carbocycles. The molecule has 1 aliphatic rings. The van der Waals surface area contributed by atoms with Crippen molar-refractivity contribution in [3.8, 4) is 6.07 Å². The standard InChI is InChI=1S/C15H15N5/c1-19-8-9-20(13-5-3-2-4-12(13)19)15-14(17)11(10-16)6-7-18-15/h2-7H,8-9,17H2,1H3. The summed E-state index contributed by atoms with van der Waals surface area (Å²) in [6.45, 7) is 1.68. The molecule has 0 amide bonds. The summed E-state index contributed by atoms with van der Waals surface area (Å²) >= 11 is 0. The highest BCUT2D eigenvalue weighted by atomic mass is 15.3. The van der Waals surface area contributed by atoms with Crippen molar-refractivity contribution in [1.82, 2.24) is 4.98 Å². The van der Waals surface area contributed by atoms with Gasteiger partial charge in [0.15, 0.2) is 5.82 Å². The summed E-state index contributed by atoms with van der Waals surface area (Å²) in [5.74, 6) is 0.657. The van der Waals surface area contributed by atoms with Gasteiger partial charge in [0.1, 0.15) is 6.07 Å². The van der Waals surface area contributed by atoms with Crippen molar-refractivity contribution in [3.63, 3.8) is 0 Å². The van der Waals surface area contributed by atoms with Gasteiger partial charge < -0.3 is 15.5 Å². The molecule has 0 bridgehead atoms. The molecular weight excluding hydrogens is 250 g/mol. The second kappa shape index (κ2) is 4.74. The zero-order chi connectivity index (χ0) is 14.1. The van der Waals surface area contributed by atoms with Crippen molar-refractivity contribution in [2.45, 2.75) is 0 Å². The number of benzene rings is 1. The van der Waals surface area contributed by atoms with E-state index in [4.69, 9.17) is 11.0 Å². The highest BCUT2D eigenvalue weighted by Gasteiger charge is 2.23. The summed E-state index contributed by atoms with van der Waals surface area (Å²) in [4.78, 5) is 8.65. The van der Waals surface area contributed by atoms with E-state index in [1.807, 2.05) is 18.2 Å². The summed E-state index contributed by atoms with van der Waals surface area (Å²) in [5, 5.41) is 9.09. The molecular formula is C15H15N5. The van der Waals surface area contributed by atoms with Crippen LogP contribution in [0.5, 0.6) is 0 Å². The molecule has 0 saturated heterocycles. The van der Waals surface area contributed by atoms with E-state index in [2.05, 4.69) is 34.0 Å². The average molecular weight is 265 g/mol. The van der Waals surface area contributed by atoms with Crippen LogP contribution in [-0.2, 0) is 0 Å². The number of hydrogen-bond acceptors (Lipinski definition) is 5. The number of likely N-dealkylation sites (N-methyl/N-ethyl adjacent to an activating group) is 1. The van der Waals surface area contributed by atoms with Gasteiger partial charge in [0, 0.05) is 26.3 Å². The number of hydrogen-bond donors (Lipinski definition) is 1. The largest absolute Gasteiger partial charge is 0.395 e. The SMILES string of the molecule is CN1CCN(c2nccc(C#N)c2N)c2ccccc21. The summed E-state index contributed by atoms with van der Waals surface area (Å²) in [7, 11) is 2.07. The molecule has 2 heterocycles. The Hall–Kier alpha value is -2.74. The summed E-state index contributed by atoms with van der Waals surface area (Å²) in [5.41, 5.74) is 9.19. The second-order valence-corrected chi connectivity index (χ2v) is 4.77. The van der Waals surface area contributed by atoms with Crippen molar-refractivity contribution in [2.75, 3.05) is 35.7 Å². The van der Waals surface area contributed by atoms with E-state index in [0.717, 1.165) is 24.5 Å². The fourth-order valence-corrected chi connectivity index (χ4v) is 2.50. The van der Waals surface area contributed by atoms with Gasteiger partial charge in [-0.15, -0.1) is 0 Å². The first-order valence-electron chi connectivity index (χ1n) is 6.44. The Kier molecular flexibility index (Phi) is 2.92. The lowest BCUT2D eigenvalue weighted by atomic mass is 10.1. The molecule has 0 fully saturated rings. The molecule has 0 saturated carbocycles. The molecule has 100 valence electrons. The van der Waals surface area contributed by atoms with Crippen LogP contribution in [0.2, 0.25) is 0 Å². The third kappa shape index (κ3) is 1.82. The number of nitriles is 1. The Morgan fingerprint density at radius 2 is 1.95 bits per heavy atom. The normalized spacial score (nSPS) is 13.8.